The van der Waals surface area contributed by atoms with Gasteiger partial charge in [0.25, 0.3) is 0 Å². The second kappa shape index (κ2) is 6.40. The largest absolute Gasteiger partial charge is 0.465 e. The number of piperidine rings is 1. The van der Waals surface area contributed by atoms with Crippen LogP contribution in [0.15, 0.2) is 18.2 Å². The fourth-order valence-electron chi connectivity index (χ4n) is 4.06. The Morgan fingerprint density at radius 1 is 1.32 bits per heavy atom. The number of aryl methyl sites for hydroxylation is 1. The number of likely N-dealkylation sites (tertiary alicyclic amines) is 1. The van der Waals surface area contributed by atoms with Gasteiger partial charge >= 0.3 is 6.09 Å². The van der Waals surface area contributed by atoms with Gasteiger partial charge < -0.3 is 10.0 Å². The van der Waals surface area contributed by atoms with E-state index < -0.39 is 17.1 Å². The molecule has 6 heteroatoms. The van der Waals surface area contributed by atoms with Crippen LogP contribution in [0.5, 0.6) is 0 Å². The van der Waals surface area contributed by atoms with Crippen molar-refractivity contribution >= 4 is 17.1 Å². The lowest BCUT2D eigenvalue weighted by Crippen LogP contribution is -2.48. The zero-order valence-corrected chi connectivity index (χ0v) is 16.3. The molecule has 1 aromatic carbocycles. The molecule has 2 aliphatic rings. The van der Waals surface area contributed by atoms with E-state index in [-0.39, 0.29) is 16.2 Å². The number of carbonyl (C=O) groups is 1. The third-order valence-electron chi connectivity index (χ3n) is 5.58. The first-order chi connectivity index (χ1) is 11.6. The minimum atomic E-state index is -1.16. The third kappa shape index (κ3) is 3.47. The first-order valence-electron chi connectivity index (χ1n) is 8.88. The summed E-state index contributed by atoms with van der Waals surface area (Å²) >= 11 is 0. The molecule has 1 spiro atoms. The van der Waals surface area contributed by atoms with Gasteiger partial charge in [-0.1, -0.05) is 23.8 Å². The Bertz CT molecular complexity index is 703. The van der Waals surface area contributed by atoms with Crippen molar-refractivity contribution in [1.82, 2.24) is 9.62 Å². The van der Waals surface area contributed by atoms with Gasteiger partial charge in [0.15, 0.2) is 0 Å². The zero-order chi connectivity index (χ0) is 18.4. The maximum atomic E-state index is 12.8. The molecule has 0 radical (unpaired) electrons. The molecule has 0 bridgehead atoms. The van der Waals surface area contributed by atoms with E-state index in [4.69, 9.17) is 0 Å². The number of carboxylic acid groups (broad SMARTS) is 1. The van der Waals surface area contributed by atoms with Crippen molar-refractivity contribution in [3.63, 3.8) is 0 Å². The molecule has 1 aliphatic carbocycles. The Hall–Kier alpha value is -1.40. The Balaban J connectivity index is 1.92. The van der Waals surface area contributed by atoms with E-state index in [1.54, 1.807) is 0 Å². The number of nitrogens with zero attached hydrogens (tertiary/aromatic N) is 1. The molecule has 1 heterocycles. The van der Waals surface area contributed by atoms with Gasteiger partial charge in [0.1, 0.15) is 0 Å². The summed E-state index contributed by atoms with van der Waals surface area (Å²) in [5.41, 5.74) is 3.72. The number of hydrogen-bond acceptors (Lipinski definition) is 2. The molecule has 5 nitrogen and oxygen atoms in total. The van der Waals surface area contributed by atoms with Crippen LogP contribution in [0.3, 0.4) is 0 Å². The van der Waals surface area contributed by atoms with E-state index in [0.29, 0.717) is 13.1 Å². The molecule has 1 unspecified atom stereocenters. The van der Waals surface area contributed by atoms with Gasteiger partial charge in [-0.2, -0.15) is 0 Å². The average Bonchev–Trinajstić information content (AvgIpc) is 2.79. The fraction of sp³-hybridized carbons (Fsp3) is 0.632. The molecule has 1 amide bonds. The van der Waals surface area contributed by atoms with Crippen molar-refractivity contribution in [1.29, 1.82) is 0 Å². The van der Waals surface area contributed by atoms with E-state index in [1.165, 1.54) is 21.6 Å². The van der Waals surface area contributed by atoms with Crippen molar-refractivity contribution < 1.29 is 14.1 Å². The molecule has 0 aromatic heterocycles. The Morgan fingerprint density at radius 3 is 2.52 bits per heavy atom. The minimum absolute atomic E-state index is 0.0131. The highest BCUT2D eigenvalue weighted by Crippen LogP contribution is 2.52. The lowest BCUT2D eigenvalue weighted by molar-refractivity contribution is 0.0768. The van der Waals surface area contributed by atoms with Crippen LogP contribution in [0, 0.1) is 12.3 Å². The standard InChI is InChI=1S/C19H28N2O3S/c1-13-5-6-15-14(11-13)12-19(7-9-21(10-8-19)17(22)23)16(15)20-25(24)18(2,3)4/h5-6,11,16,20H,7-10,12H2,1-4H3,(H,22,23)/t16-,25?/m0/s1. The summed E-state index contributed by atoms with van der Waals surface area (Å²) in [6.07, 6.45) is 1.68. The van der Waals surface area contributed by atoms with Crippen LogP contribution < -0.4 is 4.72 Å². The maximum absolute atomic E-state index is 12.8. The second-order valence-corrected chi connectivity index (χ2v) is 10.4. The van der Waals surface area contributed by atoms with Crippen molar-refractivity contribution in [3.05, 3.63) is 34.9 Å². The van der Waals surface area contributed by atoms with Crippen LogP contribution in [0.25, 0.3) is 0 Å². The van der Waals surface area contributed by atoms with Gasteiger partial charge in [0, 0.05) is 13.1 Å². The van der Waals surface area contributed by atoms with Crippen LogP contribution in [0.1, 0.15) is 56.3 Å². The van der Waals surface area contributed by atoms with E-state index >= 15 is 0 Å². The molecule has 2 N–H and O–H groups in total. The van der Waals surface area contributed by atoms with E-state index in [2.05, 4.69) is 29.8 Å². The molecule has 1 aromatic rings. The molecule has 1 fully saturated rings. The van der Waals surface area contributed by atoms with Gasteiger partial charge in [-0.3, -0.25) is 0 Å². The Kier molecular flexibility index (Phi) is 4.71. The van der Waals surface area contributed by atoms with Crippen molar-refractivity contribution in [2.24, 2.45) is 5.41 Å². The summed E-state index contributed by atoms with van der Waals surface area (Å²) in [7, 11) is -1.16. The topological polar surface area (TPSA) is 69.6 Å². The highest BCUT2D eigenvalue weighted by Gasteiger charge is 2.49. The lowest BCUT2D eigenvalue weighted by atomic mass is 9.73. The monoisotopic (exact) mass is 364 g/mol. The molecule has 0 saturated carbocycles. The molecule has 2 atom stereocenters. The summed E-state index contributed by atoms with van der Waals surface area (Å²) in [6, 6.07) is 6.50. The summed E-state index contributed by atoms with van der Waals surface area (Å²) in [6.45, 7) is 9.10. The fourth-order valence-corrected chi connectivity index (χ4v) is 5.01. The third-order valence-corrected chi connectivity index (χ3v) is 7.14. The molecular weight excluding hydrogens is 336 g/mol. The summed E-state index contributed by atoms with van der Waals surface area (Å²) in [5.74, 6) is 0. The van der Waals surface area contributed by atoms with E-state index in [9.17, 15) is 14.1 Å². The molecular formula is C19H28N2O3S. The maximum Gasteiger partial charge on any atom is 0.407 e. The normalized spacial score (nSPS) is 23.5. The van der Waals surface area contributed by atoms with Gasteiger partial charge in [-0.25, -0.2) is 13.7 Å². The highest BCUT2D eigenvalue weighted by atomic mass is 32.2. The Labute approximate surface area is 152 Å². The summed E-state index contributed by atoms with van der Waals surface area (Å²) < 4.78 is 15.9. The number of rotatable bonds is 2. The van der Waals surface area contributed by atoms with Gasteiger partial charge in [0.05, 0.1) is 21.8 Å². The first-order valence-corrected chi connectivity index (χ1v) is 10.0. The van der Waals surface area contributed by atoms with Crippen molar-refractivity contribution in [2.75, 3.05) is 13.1 Å². The molecule has 25 heavy (non-hydrogen) atoms. The first kappa shape index (κ1) is 18.4. The zero-order valence-electron chi connectivity index (χ0n) is 15.5. The van der Waals surface area contributed by atoms with E-state index in [0.717, 1.165) is 19.3 Å². The number of hydrogen-bond donors (Lipinski definition) is 2. The number of amides is 1. The molecule has 3 rings (SSSR count). The molecule has 1 saturated heterocycles. The quantitative estimate of drug-likeness (QED) is 0.845. The smallest absolute Gasteiger partial charge is 0.407 e. The predicted molar refractivity (Wildman–Crippen MR) is 99.9 cm³/mol. The summed E-state index contributed by atoms with van der Waals surface area (Å²) in [4.78, 5) is 12.8. The van der Waals surface area contributed by atoms with Crippen LogP contribution in [0.4, 0.5) is 4.79 Å². The van der Waals surface area contributed by atoms with Crippen molar-refractivity contribution in [2.45, 2.75) is 57.7 Å². The lowest BCUT2D eigenvalue weighted by Gasteiger charge is -2.43. The van der Waals surface area contributed by atoms with E-state index in [1.807, 2.05) is 20.8 Å². The number of benzene rings is 1. The predicted octanol–water partition coefficient (Wildman–Crippen LogP) is 3.40. The second-order valence-electron chi connectivity index (χ2n) is 8.44. The van der Waals surface area contributed by atoms with Gasteiger partial charge in [-0.15, -0.1) is 0 Å². The molecule has 1 aliphatic heterocycles. The summed E-state index contributed by atoms with van der Waals surface area (Å²) in [5, 5.41) is 9.26. The molecule has 138 valence electrons. The van der Waals surface area contributed by atoms with Gasteiger partial charge in [0.2, 0.25) is 0 Å². The van der Waals surface area contributed by atoms with Crippen molar-refractivity contribution in [3.8, 4) is 0 Å². The van der Waals surface area contributed by atoms with Crippen LogP contribution in [0.2, 0.25) is 0 Å². The minimum Gasteiger partial charge on any atom is -0.465 e. The van der Waals surface area contributed by atoms with Crippen LogP contribution in [-0.2, 0) is 17.4 Å². The van der Waals surface area contributed by atoms with Gasteiger partial charge in [-0.05, 0) is 63.5 Å². The average molecular weight is 365 g/mol. The number of fused-ring (bicyclic) bond motifs is 1. The van der Waals surface area contributed by atoms with Crippen LogP contribution >= 0.6 is 0 Å². The SMILES string of the molecule is Cc1ccc2c(c1)CC1(CCN(C(=O)O)CC1)[C@H]2NS(=O)C(C)(C)C. The van der Waals surface area contributed by atoms with Crippen LogP contribution in [-0.4, -0.2) is 38.1 Å². The number of nitrogens with one attached hydrogen (secondary N) is 1. The Morgan fingerprint density at radius 2 is 1.96 bits per heavy atom. The highest BCUT2D eigenvalue weighted by molar-refractivity contribution is 7.84.